The van der Waals surface area contributed by atoms with Gasteiger partial charge in [-0.25, -0.2) is 0 Å². The minimum atomic E-state index is -0.0897. The van der Waals surface area contributed by atoms with E-state index in [1.807, 2.05) is 30.3 Å². The number of oxime groups is 1. The van der Waals surface area contributed by atoms with E-state index in [0.29, 0.717) is 0 Å². The van der Waals surface area contributed by atoms with Crippen molar-refractivity contribution in [2.24, 2.45) is 10.9 Å². The summed E-state index contributed by atoms with van der Waals surface area (Å²) in [6, 6.07) is 11.0. The van der Waals surface area contributed by atoms with Crippen molar-refractivity contribution in [3.63, 3.8) is 0 Å². The third-order valence-corrected chi connectivity index (χ3v) is 1.36. The molecular formula is C9H9N3O. The summed E-state index contributed by atoms with van der Waals surface area (Å²) in [6.07, 6.45) is 0. The van der Waals surface area contributed by atoms with Crippen LogP contribution in [0.4, 0.5) is 0 Å². The monoisotopic (exact) mass is 175 g/mol. The molecule has 0 fully saturated rings. The van der Waals surface area contributed by atoms with Gasteiger partial charge >= 0.3 is 0 Å². The van der Waals surface area contributed by atoms with Crippen LogP contribution in [-0.4, -0.2) is 12.4 Å². The maximum absolute atomic E-state index is 8.16. The molecule has 0 aromatic heterocycles. The Morgan fingerprint density at radius 1 is 1.46 bits per heavy atom. The molecule has 0 radical (unpaired) electrons. The van der Waals surface area contributed by atoms with Crippen LogP contribution in [0, 0.1) is 11.3 Å². The third kappa shape index (κ3) is 2.83. The molecular weight excluding hydrogens is 166 g/mol. The van der Waals surface area contributed by atoms with Crippen molar-refractivity contribution >= 4 is 5.84 Å². The average Bonchev–Trinajstić information content (AvgIpc) is 2.19. The van der Waals surface area contributed by atoms with Gasteiger partial charge in [0.25, 0.3) is 0 Å². The minimum Gasteiger partial charge on any atom is -0.380 e. The van der Waals surface area contributed by atoms with Gasteiger partial charge in [0.05, 0.1) is 0 Å². The number of hydrogen-bond donors (Lipinski definition) is 1. The van der Waals surface area contributed by atoms with E-state index in [4.69, 9.17) is 11.0 Å². The normalized spacial score (nSPS) is 10.5. The Balaban J connectivity index is 2.63. The zero-order valence-corrected chi connectivity index (χ0v) is 6.97. The van der Waals surface area contributed by atoms with Crippen molar-refractivity contribution in [3.05, 3.63) is 35.9 Å². The molecule has 4 heteroatoms. The van der Waals surface area contributed by atoms with Gasteiger partial charge in [0.2, 0.25) is 6.61 Å². The summed E-state index contributed by atoms with van der Waals surface area (Å²) in [5.74, 6) is 0.274. The molecule has 0 saturated carbocycles. The van der Waals surface area contributed by atoms with E-state index in [9.17, 15) is 0 Å². The van der Waals surface area contributed by atoms with E-state index in [-0.39, 0.29) is 12.4 Å². The highest BCUT2D eigenvalue weighted by Crippen LogP contribution is 1.97. The molecule has 2 N–H and O–H groups in total. The van der Waals surface area contributed by atoms with E-state index < -0.39 is 0 Å². The second kappa shape index (κ2) is 4.78. The van der Waals surface area contributed by atoms with Gasteiger partial charge in [0.15, 0.2) is 5.84 Å². The van der Waals surface area contributed by atoms with Crippen molar-refractivity contribution in [1.82, 2.24) is 0 Å². The lowest BCUT2D eigenvalue weighted by atomic mass is 10.2. The van der Waals surface area contributed by atoms with E-state index in [0.717, 1.165) is 5.56 Å². The number of rotatable bonds is 3. The molecule has 0 spiro atoms. The zero-order chi connectivity index (χ0) is 9.52. The highest BCUT2D eigenvalue weighted by atomic mass is 16.6. The van der Waals surface area contributed by atoms with Gasteiger partial charge < -0.3 is 10.6 Å². The van der Waals surface area contributed by atoms with Crippen LogP contribution in [-0.2, 0) is 4.84 Å². The van der Waals surface area contributed by atoms with Gasteiger partial charge in [0.1, 0.15) is 6.07 Å². The lowest BCUT2D eigenvalue weighted by Gasteiger charge is -1.98. The first-order valence-electron chi connectivity index (χ1n) is 3.72. The van der Waals surface area contributed by atoms with Crippen molar-refractivity contribution in [2.75, 3.05) is 6.61 Å². The van der Waals surface area contributed by atoms with Gasteiger partial charge in [0, 0.05) is 5.56 Å². The Morgan fingerprint density at radius 2 is 2.15 bits per heavy atom. The molecule has 66 valence electrons. The first-order chi connectivity index (χ1) is 6.34. The first kappa shape index (κ1) is 9.07. The van der Waals surface area contributed by atoms with Crippen molar-refractivity contribution in [3.8, 4) is 6.07 Å². The fourth-order valence-corrected chi connectivity index (χ4v) is 0.792. The van der Waals surface area contributed by atoms with Crippen LogP contribution in [0.25, 0.3) is 0 Å². The zero-order valence-electron chi connectivity index (χ0n) is 6.97. The lowest BCUT2D eigenvalue weighted by molar-refractivity contribution is 0.178. The maximum atomic E-state index is 8.16. The van der Waals surface area contributed by atoms with Gasteiger partial charge in [-0.2, -0.15) is 5.26 Å². The Hall–Kier alpha value is -2.02. The van der Waals surface area contributed by atoms with Crippen LogP contribution in [0.15, 0.2) is 35.5 Å². The van der Waals surface area contributed by atoms with Crippen LogP contribution in [0.1, 0.15) is 5.56 Å². The largest absolute Gasteiger partial charge is 0.380 e. The molecule has 13 heavy (non-hydrogen) atoms. The Labute approximate surface area is 76.2 Å². The quantitative estimate of drug-likeness (QED) is 0.320. The molecule has 1 aromatic carbocycles. The molecule has 0 heterocycles. The summed E-state index contributed by atoms with van der Waals surface area (Å²) in [7, 11) is 0. The Kier molecular flexibility index (Phi) is 3.33. The minimum absolute atomic E-state index is 0.0897. The third-order valence-electron chi connectivity index (χ3n) is 1.36. The molecule has 1 rings (SSSR count). The smallest absolute Gasteiger partial charge is 0.202 e. The van der Waals surface area contributed by atoms with Crippen LogP contribution >= 0.6 is 0 Å². The maximum Gasteiger partial charge on any atom is 0.202 e. The number of nitriles is 1. The topological polar surface area (TPSA) is 71.4 Å². The lowest BCUT2D eigenvalue weighted by Crippen LogP contribution is -2.13. The fraction of sp³-hybridized carbons (Fsp3) is 0.111. The van der Waals surface area contributed by atoms with Crippen molar-refractivity contribution in [1.29, 1.82) is 5.26 Å². The van der Waals surface area contributed by atoms with Gasteiger partial charge in [-0.1, -0.05) is 35.5 Å². The number of benzene rings is 1. The standard InChI is InChI=1S/C9H9N3O/c10-6-7-13-12-9(11)8-4-2-1-3-5-8/h1-5H,7H2,(H2,11,12). The number of nitrogens with zero attached hydrogens (tertiary/aromatic N) is 2. The average molecular weight is 175 g/mol. The molecule has 0 amide bonds. The predicted molar refractivity (Wildman–Crippen MR) is 48.7 cm³/mol. The molecule has 0 unspecified atom stereocenters. The highest BCUT2D eigenvalue weighted by molar-refractivity contribution is 5.96. The molecule has 0 bridgehead atoms. The molecule has 0 atom stereocenters. The summed E-state index contributed by atoms with van der Waals surface area (Å²) in [5.41, 5.74) is 6.33. The van der Waals surface area contributed by atoms with E-state index >= 15 is 0 Å². The second-order valence-corrected chi connectivity index (χ2v) is 2.27. The summed E-state index contributed by atoms with van der Waals surface area (Å²) >= 11 is 0. The molecule has 0 saturated heterocycles. The Morgan fingerprint density at radius 3 is 2.77 bits per heavy atom. The first-order valence-corrected chi connectivity index (χ1v) is 3.72. The second-order valence-electron chi connectivity index (χ2n) is 2.27. The van der Waals surface area contributed by atoms with Crippen LogP contribution in [0.2, 0.25) is 0 Å². The molecule has 4 nitrogen and oxygen atoms in total. The van der Waals surface area contributed by atoms with Crippen molar-refractivity contribution < 1.29 is 4.84 Å². The Bertz CT molecular complexity index is 326. The number of nitrogens with two attached hydrogens (primary N) is 1. The fourth-order valence-electron chi connectivity index (χ4n) is 0.792. The summed E-state index contributed by atoms with van der Waals surface area (Å²) in [5, 5.41) is 11.7. The summed E-state index contributed by atoms with van der Waals surface area (Å²) in [6.45, 7) is -0.0897. The molecule has 0 aliphatic heterocycles. The van der Waals surface area contributed by atoms with E-state index in [1.165, 1.54) is 0 Å². The summed E-state index contributed by atoms with van der Waals surface area (Å²) < 4.78 is 0. The SMILES string of the molecule is N#CCO/N=C(\N)c1ccccc1. The summed E-state index contributed by atoms with van der Waals surface area (Å²) in [4.78, 5) is 4.60. The molecule has 1 aromatic rings. The van der Waals surface area contributed by atoms with Crippen LogP contribution in [0.3, 0.4) is 0 Å². The predicted octanol–water partition coefficient (Wildman–Crippen LogP) is 0.847. The van der Waals surface area contributed by atoms with Crippen LogP contribution in [0.5, 0.6) is 0 Å². The van der Waals surface area contributed by atoms with Gasteiger partial charge in [-0.3, -0.25) is 0 Å². The van der Waals surface area contributed by atoms with Gasteiger partial charge in [-0.15, -0.1) is 0 Å². The highest BCUT2D eigenvalue weighted by Gasteiger charge is 1.95. The number of hydrogen-bond acceptors (Lipinski definition) is 3. The van der Waals surface area contributed by atoms with Crippen molar-refractivity contribution in [2.45, 2.75) is 0 Å². The van der Waals surface area contributed by atoms with E-state index in [2.05, 4.69) is 9.99 Å². The van der Waals surface area contributed by atoms with Gasteiger partial charge in [-0.05, 0) is 0 Å². The van der Waals surface area contributed by atoms with Crippen LogP contribution < -0.4 is 5.73 Å². The molecule has 0 aliphatic carbocycles. The number of amidine groups is 1. The van der Waals surface area contributed by atoms with E-state index in [1.54, 1.807) is 6.07 Å². The molecule has 0 aliphatic rings.